The highest BCUT2D eigenvalue weighted by Crippen LogP contribution is 2.51. The van der Waals surface area contributed by atoms with Crippen LogP contribution in [0.3, 0.4) is 0 Å². The third-order valence-corrected chi connectivity index (χ3v) is 11.9. The Hall–Kier alpha value is -0.643. The molecule has 1 aromatic rings. The normalized spacial score (nSPS) is 17.3. The van der Waals surface area contributed by atoms with Gasteiger partial charge < -0.3 is 9.53 Å². The first-order valence-electron chi connectivity index (χ1n) is 9.12. The highest BCUT2D eigenvalue weighted by Gasteiger charge is 2.50. The maximum Gasteiger partial charge on any atom is 0.200 e. The zero-order valence-electron chi connectivity index (χ0n) is 15.7. The van der Waals surface area contributed by atoms with Crippen LogP contribution in [0.15, 0.2) is 24.3 Å². The molecule has 0 aromatic heterocycles. The van der Waals surface area contributed by atoms with Crippen molar-refractivity contribution >= 4 is 8.32 Å². The highest BCUT2D eigenvalue weighted by atomic mass is 28.4. The molecule has 0 radical (unpaired) electrons. The van der Waals surface area contributed by atoms with Crippen molar-refractivity contribution in [3.63, 3.8) is 0 Å². The number of aliphatic hydroxyl groups is 1. The van der Waals surface area contributed by atoms with E-state index < -0.39 is 8.32 Å². The van der Waals surface area contributed by atoms with Crippen LogP contribution in [0.25, 0.3) is 0 Å². The molecule has 2 rings (SSSR count). The number of rotatable bonds is 8. The molecule has 130 valence electrons. The van der Waals surface area contributed by atoms with E-state index in [0.29, 0.717) is 16.6 Å². The summed E-state index contributed by atoms with van der Waals surface area (Å²) in [6.45, 7) is 15.0. The second kappa shape index (κ2) is 7.08. The Balaban J connectivity index is 2.20. The molecule has 1 N–H and O–H groups in total. The lowest BCUT2D eigenvalue weighted by Gasteiger charge is -2.43. The van der Waals surface area contributed by atoms with E-state index in [1.165, 1.54) is 18.4 Å². The average molecular weight is 335 g/mol. The molecule has 2 nitrogen and oxygen atoms in total. The van der Waals surface area contributed by atoms with Crippen LogP contribution in [0.4, 0.5) is 0 Å². The smallest absolute Gasteiger partial charge is 0.200 e. The zero-order chi connectivity index (χ0) is 17.3. The topological polar surface area (TPSA) is 29.5 Å². The molecule has 1 saturated carbocycles. The van der Waals surface area contributed by atoms with Gasteiger partial charge in [0.15, 0.2) is 8.32 Å². The summed E-state index contributed by atoms with van der Waals surface area (Å²) in [5.74, 6) is 0. The van der Waals surface area contributed by atoms with E-state index in [0.717, 1.165) is 12.2 Å². The molecule has 3 heteroatoms. The largest absolute Gasteiger partial charge is 0.415 e. The molecule has 0 bridgehead atoms. The fraction of sp³-hybridized carbons (Fsp3) is 0.700. The molecule has 0 heterocycles. The van der Waals surface area contributed by atoms with Crippen molar-refractivity contribution in [2.75, 3.05) is 6.61 Å². The minimum absolute atomic E-state index is 0.118. The van der Waals surface area contributed by atoms with Crippen LogP contribution in [0.1, 0.15) is 65.5 Å². The molecule has 0 spiro atoms. The van der Waals surface area contributed by atoms with Crippen molar-refractivity contribution in [2.24, 2.45) is 0 Å². The Bertz CT molecular complexity index is 496. The van der Waals surface area contributed by atoms with Crippen LogP contribution in [-0.2, 0) is 16.4 Å². The van der Waals surface area contributed by atoms with Gasteiger partial charge in [-0.05, 0) is 40.6 Å². The Labute approximate surface area is 143 Å². The number of benzene rings is 1. The maximum atomic E-state index is 9.40. The van der Waals surface area contributed by atoms with Gasteiger partial charge in [-0.25, -0.2) is 0 Å². The van der Waals surface area contributed by atoms with Gasteiger partial charge in [-0.3, -0.25) is 0 Å². The second-order valence-corrected chi connectivity index (χ2v) is 13.7. The first-order chi connectivity index (χ1) is 10.8. The molecule has 1 aliphatic rings. The number of hydrogen-bond acceptors (Lipinski definition) is 2. The third-order valence-electron chi connectivity index (χ3n) is 5.88. The Morgan fingerprint density at radius 1 is 1.04 bits per heavy atom. The molecule has 0 saturated heterocycles. The van der Waals surface area contributed by atoms with Gasteiger partial charge in [0.2, 0.25) is 0 Å². The Kier molecular flexibility index (Phi) is 5.75. The molecule has 1 fully saturated rings. The van der Waals surface area contributed by atoms with E-state index in [-0.39, 0.29) is 12.0 Å². The summed E-state index contributed by atoms with van der Waals surface area (Å²) in [6.07, 6.45) is 2.42. The monoisotopic (exact) mass is 334 g/mol. The van der Waals surface area contributed by atoms with Gasteiger partial charge in [0, 0.05) is 12.0 Å². The van der Waals surface area contributed by atoms with Gasteiger partial charge in [-0.2, -0.15) is 0 Å². The van der Waals surface area contributed by atoms with Crippen molar-refractivity contribution in [1.82, 2.24) is 0 Å². The van der Waals surface area contributed by atoms with Crippen LogP contribution in [0.2, 0.25) is 16.6 Å². The van der Waals surface area contributed by atoms with E-state index >= 15 is 0 Å². The highest BCUT2D eigenvalue weighted by molar-refractivity contribution is 6.77. The van der Waals surface area contributed by atoms with E-state index in [2.05, 4.69) is 59.7 Å². The molecule has 0 atom stereocenters. The lowest BCUT2D eigenvalue weighted by Crippen LogP contribution is -2.49. The quantitative estimate of drug-likeness (QED) is 0.645. The molecular formula is C20H34O2Si. The predicted octanol–water partition coefficient (Wildman–Crippen LogP) is 5.40. The number of aliphatic hydroxyl groups excluding tert-OH is 1. The maximum absolute atomic E-state index is 9.40. The summed E-state index contributed by atoms with van der Waals surface area (Å²) in [5, 5.41) is 9.40. The Morgan fingerprint density at radius 3 is 2.04 bits per heavy atom. The first kappa shape index (κ1) is 18.7. The van der Waals surface area contributed by atoms with Crippen molar-refractivity contribution in [3.05, 3.63) is 35.4 Å². The van der Waals surface area contributed by atoms with E-state index in [9.17, 15) is 5.11 Å². The number of hydrogen-bond donors (Lipinski definition) is 1. The van der Waals surface area contributed by atoms with Gasteiger partial charge in [0.25, 0.3) is 0 Å². The lowest BCUT2D eigenvalue weighted by atomic mass is 9.95. The van der Waals surface area contributed by atoms with Gasteiger partial charge in [-0.1, -0.05) is 65.8 Å². The average Bonchev–Trinajstić information content (AvgIpc) is 3.28. The van der Waals surface area contributed by atoms with E-state index in [4.69, 9.17) is 4.43 Å². The summed E-state index contributed by atoms with van der Waals surface area (Å²) in [5.41, 5.74) is 4.44. The molecule has 23 heavy (non-hydrogen) atoms. The fourth-order valence-electron chi connectivity index (χ4n) is 4.43. The standard InChI is InChI=1S/C20H34O2Si/c1-15(2)23(16(3)4,17(5)6)22-14-20(10-11-20)19-9-7-8-18(12-19)13-21/h7-9,12,15-17,21H,10-11,13-14H2,1-6H3. The Morgan fingerprint density at radius 2 is 1.61 bits per heavy atom. The summed E-state index contributed by atoms with van der Waals surface area (Å²) >= 11 is 0. The summed E-state index contributed by atoms with van der Waals surface area (Å²) < 4.78 is 6.85. The van der Waals surface area contributed by atoms with Crippen molar-refractivity contribution in [1.29, 1.82) is 0 Å². The SMILES string of the molecule is CC(C)[Si](OCC1(c2cccc(CO)c2)CC1)(C(C)C)C(C)C. The van der Waals surface area contributed by atoms with Crippen molar-refractivity contribution in [2.45, 2.75) is 83.0 Å². The second-order valence-electron chi connectivity index (χ2n) is 8.25. The molecule has 0 amide bonds. The van der Waals surface area contributed by atoms with Crippen LogP contribution in [-0.4, -0.2) is 20.0 Å². The first-order valence-corrected chi connectivity index (χ1v) is 11.3. The van der Waals surface area contributed by atoms with Crippen LogP contribution < -0.4 is 0 Å². The minimum atomic E-state index is -1.80. The zero-order valence-corrected chi connectivity index (χ0v) is 16.7. The summed E-state index contributed by atoms with van der Waals surface area (Å²) in [6, 6.07) is 8.44. The van der Waals surface area contributed by atoms with Gasteiger partial charge in [0.1, 0.15) is 0 Å². The van der Waals surface area contributed by atoms with Gasteiger partial charge in [-0.15, -0.1) is 0 Å². The molecule has 0 aliphatic heterocycles. The van der Waals surface area contributed by atoms with E-state index in [1.54, 1.807) is 0 Å². The fourth-order valence-corrected chi connectivity index (χ4v) is 9.96. The minimum Gasteiger partial charge on any atom is -0.415 e. The third kappa shape index (κ3) is 3.57. The van der Waals surface area contributed by atoms with Crippen LogP contribution in [0, 0.1) is 0 Å². The van der Waals surface area contributed by atoms with Crippen LogP contribution >= 0.6 is 0 Å². The van der Waals surface area contributed by atoms with Crippen LogP contribution in [0.5, 0.6) is 0 Å². The van der Waals surface area contributed by atoms with Crippen molar-refractivity contribution in [3.8, 4) is 0 Å². The lowest BCUT2D eigenvalue weighted by molar-refractivity contribution is 0.244. The molecule has 1 aliphatic carbocycles. The van der Waals surface area contributed by atoms with Gasteiger partial charge in [0.05, 0.1) is 6.61 Å². The predicted molar refractivity (Wildman–Crippen MR) is 100 cm³/mol. The van der Waals surface area contributed by atoms with Gasteiger partial charge >= 0.3 is 0 Å². The molecule has 0 unspecified atom stereocenters. The molecule has 1 aromatic carbocycles. The summed E-state index contributed by atoms with van der Waals surface area (Å²) in [7, 11) is -1.80. The molecular weight excluding hydrogens is 300 g/mol. The van der Waals surface area contributed by atoms with E-state index in [1.807, 2.05) is 6.07 Å². The summed E-state index contributed by atoms with van der Waals surface area (Å²) in [4.78, 5) is 0. The van der Waals surface area contributed by atoms with Crippen molar-refractivity contribution < 1.29 is 9.53 Å².